The summed E-state index contributed by atoms with van der Waals surface area (Å²) in [6.45, 7) is 10.6. The number of anilines is 2. The summed E-state index contributed by atoms with van der Waals surface area (Å²) in [5.74, 6) is -0.204. The van der Waals surface area contributed by atoms with E-state index in [4.69, 9.17) is 4.74 Å². The van der Waals surface area contributed by atoms with Gasteiger partial charge in [-0.3, -0.25) is 4.79 Å². The van der Waals surface area contributed by atoms with Crippen LogP contribution in [0.5, 0.6) is 0 Å². The zero-order valence-electron chi connectivity index (χ0n) is 13.2. The maximum atomic E-state index is 11.6. The number of nitrogens with one attached hydrogen (secondary N) is 1. The van der Waals surface area contributed by atoms with Crippen LogP contribution < -0.4 is 10.2 Å². The van der Waals surface area contributed by atoms with Gasteiger partial charge >= 0.3 is 5.97 Å². The molecule has 0 aliphatic carbocycles. The van der Waals surface area contributed by atoms with Gasteiger partial charge in [-0.15, -0.1) is 0 Å². The number of carbonyl (C=O) groups is 1. The van der Waals surface area contributed by atoms with Crippen LogP contribution in [0.1, 0.15) is 27.7 Å². The second-order valence-electron chi connectivity index (χ2n) is 5.45. The highest BCUT2D eigenvalue weighted by molar-refractivity contribution is 5.76. The molecule has 112 valence electrons. The minimum absolute atomic E-state index is 0.204. The molecule has 1 aromatic carbocycles. The van der Waals surface area contributed by atoms with E-state index in [2.05, 4.69) is 36.2 Å². The summed E-state index contributed by atoms with van der Waals surface area (Å²) < 4.78 is 4.80. The molecule has 0 atom stereocenters. The van der Waals surface area contributed by atoms with Crippen LogP contribution in [0.2, 0.25) is 0 Å². The second kappa shape index (κ2) is 7.17. The molecule has 1 rings (SSSR count). The number of rotatable bonds is 7. The third-order valence-corrected chi connectivity index (χ3v) is 3.47. The van der Waals surface area contributed by atoms with Crippen LogP contribution in [0, 0.1) is 5.41 Å². The predicted molar refractivity (Wildman–Crippen MR) is 84.3 cm³/mol. The fraction of sp³-hybridized carbons (Fsp3) is 0.562. The number of nitrogens with zero attached hydrogens (tertiary/aromatic N) is 1. The molecule has 0 amide bonds. The van der Waals surface area contributed by atoms with Gasteiger partial charge in [0.15, 0.2) is 0 Å². The van der Waals surface area contributed by atoms with E-state index in [1.165, 1.54) is 12.8 Å². The van der Waals surface area contributed by atoms with E-state index in [1.54, 1.807) is 0 Å². The summed E-state index contributed by atoms with van der Waals surface area (Å²) in [4.78, 5) is 13.9. The Balaban J connectivity index is 2.64. The number of ether oxygens (including phenoxy) is 1. The number of benzene rings is 1. The van der Waals surface area contributed by atoms with E-state index in [0.29, 0.717) is 6.54 Å². The molecule has 0 bridgehead atoms. The van der Waals surface area contributed by atoms with Crippen molar-refractivity contribution in [2.75, 3.05) is 37.0 Å². The van der Waals surface area contributed by atoms with Crippen LogP contribution in [0.3, 0.4) is 0 Å². The molecule has 1 aromatic rings. The minimum Gasteiger partial charge on any atom is -0.469 e. The van der Waals surface area contributed by atoms with Crippen LogP contribution in [-0.2, 0) is 9.53 Å². The zero-order valence-corrected chi connectivity index (χ0v) is 13.2. The number of carbonyl (C=O) groups excluding carboxylic acids is 1. The van der Waals surface area contributed by atoms with Crippen LogP contribution >= 0.6 is 0 Å². The maximum absolute atomic E-state index is 11.6. The molecular formula is C16H26N2O2. The van der Waals surface area contributed by atoms with Gasteiger partial charge in [-0.05, 0) is 52.0 Å². The molecular weight excluding hydrogens is 252 g/mol. The molecule has 4 heteroatoms. The van der Waals surface area contributed by atoms with E-state index in [9.17, 15) is 4.79 Å². The Labute approximate surface area is 122 Å². The van der Waals surface area contributed by atoms with E-state index in [-0.39, 0.29) is 5.97 Å². The summed E-state index contributed by atoms with van der Waals surface area (Å²) in [7, 11) is 1.42. The summed E-state index contributed by atoms with van der Waals surface area (Å²) in [6, 6.07) is 8.28. The van der Waals surface area contributed by atoms with Crippen molar-refractivity contribution in [3.8, 4) is 0 Å². The molecule has 0 aliphatic heterocycles. The molecule has 0 saturated heterocycles. The molecule has 0 spiro atoms. The van der Waals surface area contributed by atoms with Gasteiger partial charge in [-0.2, -0.15) is 0 Å². The number of hydrogen-bond acceptors (Lipinski definition) is 4. The minimum atomic E-state index is -0.535. The quantitative estimate of drug-likeness (QED) is 0.778. The van der Waals surface area contributed by atoms with Gasteiger partial charge in [0.2, 0.25) is 0 Å². The van der Waals surface area contributed by atoms with Gasteiger partial charge in [0.25, 0.3) is 0 Å². The van der Waals surface area contributed by atoms with E-state index in [1.807, 2.05) is 26.0 Å². The van der Waals surface area contributed by atoms with Crippen molar-refractivity contribution < 1.29 is 9.53 Å². The van der Waals surface area contributed by atoms with Crippen molar-refractivity contribution in [3.05, 3.63) is 24.3 Å². The largest absolute Gasteiger partial charge is 0.469 e. The average Bonchev–Trinajstić information content (AvgIpc) is 2.46. The fourth-order valence-electron chi connectivity index (χ4n) is 2.05. The molecule has 0 unspecified atom stereocenters. The summed E-state index contributed by atoms with van der Waals surface area (Å²) in [5.41, 5.74) is 1.69. The van der Waals surface area contributed by atoms with Crippen LogP contribution in [-0.4, -0.2) is 32.7 Å². The van der Waals surface area contributed by atoms with Crippen LogP contribution in [0.4, 0.5) is 11.4 Å². The summed E-state index contributed by atoms with van der Waals surface area (Å²) in [6.07, 6.45) is 0. The van der Waals surface area contributed by atoms with Crippen molar-refractivity contribution in [1.29, 1.82) is 0 Å². The Morgan fingerprint density at radius 1 is 1.20 bits per heavy atom. The number of methoxy groups -OCH3 is 1. The van der Waals surface area contributed by atoms with Crippen molar-refractivity contribution in [3.63, 3.8) is 0 Å². The normalized spacial score (nSPS) is 11.1. The van der Waals surface area contributed by atoms with Gasteiger partial charge in [0, 0.05) is 31.0 Å². The van der Waals surface area contributed by atoms with Crippen LogP contribution in [0.15, 0.2) is 24.3 Å². The lowest BCUT2D eigenvalue weighted by atomic mass is 9.93. The van der Waals surface area contributed by atoms with E-state index >= 15 is 0 Å². The Bertz CT molecular complexity index is 423. The lowest BCUT2D eigenvalue weighted by Gasteiger charge is -2.23. The Hall–Kier alpha value is -1.71. The predicted octanol–water partition coefficient (Wildman–Crippen LogP) is 3.14. The first-order chi connectivity index (χ1) is 9.44. The highest BCUT2D eigenvalue weighted by Gasteiger charge is 2.28. The van der Waals surface area contributed by atoms with Gasteiger partial charge in [-0.1, -0.05) is 0 Å². The zero-order chi connectivity index (χ0) is 15.2. The van der Waals surface area contributed by atoms with Crippen molar-refractivity contribution in [2.45, 2.75) is 27.7 Å². The highest BCUT2D eigenvalue weighted by atomic mass is 16.5. The first-order valence-electron chi connectivity index (χ1n) is 7.12. The Kier molecular flexibility index (Phi) is 5.86. The topological polar surface area (TPSA) is 41.6 Å². The summed E-state index contributed by atoms with van der Waals surface area (Å²) >= 11 is 0. The monoisotopic (exact) mass is 278 g/mol. The van der Waals surface area contributed by atoms with Crippen LogP contribution in [0.25, 0.3) is 0 Å². The molecule has 0 heterocycles. The third-order valence-electron chi connectivity index (χ3n) is 3.47. The molecule has 20 heavy (non-hydrogen) atoms. The number of esters is 1. The molecule has 0 radical (unpaired) electrons. The first kappa shape index (κ1) is 16.3. The average molecular weight is 278 g/mol. The lowest BCUT2D eigenvalue weighted by molar-refractivity contribution is -0.149. The van der Waals surface area contributed by atoms with Gasteiger partial charge in [0.1, 0.15) is 0 Å². The van der Waals surface area contributed by atoms with Crippen molar-refractivity contribution >= 4 is 17.3 Å². The standard InChI is InChI=1S/C16H26N2O2/c1-6-18(7-2)14-10-8-13(9-11-14)17-12-16(3,4)15(19)20-5/h8-11,17H,6-7,12H2,1-5H3. The highest BCUT2D eigenvalue weighted by Crippen LogP contribution is 2.21. The smallest absolute Gasteiger partial charge is 0.313 e. The Morgan fingerprint density at radius 2 is 1.75 bits per heavy atom. The molecule has 0 aliphatic rings. The third kappa shape index (κ3) is 4.15. The molecule has 1 N–H and O–H groups in total. The lowest BCUT2D eigenvalue weighted by Crippen LogP contribution is -2.33. The first-order valence-corrected chi connectivity index (χ1v) is 7.12. The van der Waals surface area contributed by atoms with Crippen molar-refractivity contribution in [2.24, 2.45) is 5.41 Å². The van der Waals surface area contributed by atoms with Gasteiger partial charge < -0.3 is 15.0 Å². The molecule has 0 saturated carbocycles. The fourth-order valence-corrected chi connectivity index (χ4v) is 2.05. The van der Waals surface area contributed by atoms with E-state index in [0.717, 1.165) is 18.8 Å². The van der Waals surface area contributed by atoms with E-state index < -0.39 is 5.41 Å². The SMILES string of the molecule is CCN(CC)c1ccc(NCC(C)(C)C(=O)OC)cc1. The Morgan fingerprint density at radius 3 is 2.20 bits per heavy atom. The number of hydrogen-bond donors (Lipinski definition) is 1. The van der Waals surface area contributed by atoms with Gasteiger partial charge in [-0.25, -0.2) is 0 Å². The van der Waals surface area contributed by atoms with Crippen molar-refractivity contribution in [1.82, 2.24) is 0 Å². The molecule has 4 nitrogen and oxygen atoms in total. The summed E-state index contributed by atoms with van der Waals surface area (Å²) in [5, 5.41) is 3.28. The van der Waals surface area contributed by atoms with Gasteiger partial charge in [0.05, 0.1) is 12.5 Å². The molecule has 0 fully saturated rings. The molecule has 0 aromatic heterocycles. The second-order valence-corrected chi connectivity index (χ2v) is 5.45. The maximum Gasteiger partial charge on any atom is 0.313 e.